The van der Waals surface area contributed by atoms with Crippen molar-refractivity contribution in [3.05, 3.63) is 59.7 Å². The number of halogens is 2. The summed E-state index contributed by atoms with van der Waals surface area (Å²) in [6, 6.07) is 10.2. The molecule has 25 heavy (non-hydrogen) atoms. The normalized spacial score (nSPS) is 17.0. The minimum Gasteiger partial charge on any atom is -0.326 e. The zero-order valence-electron chi connectivity index (χ0n) is 13.5. The molecule has 130 valence electrons. The predicted molar refractivity (Wildman–Crippen MR) is 94.4 cm³/mol. The average Bonchev–Trinajstić information content (AvgIpc) is 2.97. The summed E-state index contributed by atoms with van der Waals surface area (Å²) in [6.45, 7) is 1.76. The molecule has 0 aliphatic carbocycles. The van der Waals surface area contributed by atoms with Crippen molar-refractivity contribution >= 4 is 35.0 Å². The van der Waals surface area contributed by atoms with Gasteiger partial charge in [-0.05, 0) is 29.8 Å². The van der Waals surface area contributed by atoms with E-state index in [4.69, 9.17) is 0 Å². The SMILES string of the molecule is CCC(=O)Nc1ccc(C2SCC(=O)N2c2ccc(F)cc2F)cc1. The molecule has 0 saturated carbocycles. The quantitative estimate of drug-likeness (QED) is 0.891. The van der Waals surface area contributed by atoms with Crippen molar-refractivity contribution in [3.8, 4) is 0 Å². The van der Waals surface area contributed by atoms with Crippen molar-refractivity contribution in [3.63, 3.8) is 0 Å². The number of hydrogen-bond donors (Lipinski definition) is 1. The number of hydrogen-bond acceptors (Lipinski definition) is 3. The molecule has 1 saturated heterocycles. The highest BCUT2D eigenvalue weighted by Crippen LogP contribution is 2.42. The van der Waals surface area contributed by atoms with E-state index < -0.39 is 17.0 Å². The number of benzene rings is 2. The monoisotopic (exact) mass is 362 g/mol. The molecule has 1 N–H and O–H groups in total. The summed E-state index contributed by atoms with van der Waals surface area (Å²) in [7, 11) is 0. The molecule has 2 aromatic rings. The lowest BCUT2D eigenvalue weighted by Crippen LogP contribution is -2.28. The van der Waals surface area contributed by atoms with E-state index in [9.17, 15) is 18.4 Å². The van der Waals surface area contributed by atoms with Gasteiger partial charge in [0.1, 0.15) is 17.0 Å². The minimum atomic E-state index is -0.771. The topological polar surface area (TPSA) is 49.4 Å². The molecular weight excluding hydrogens is 346 g/mol. The lowest BCUT2D eigenvalue weighted by molar-refractivity contribution is -0.116. The van der Waals surface area contributed by atoms with Crippen molar-refractivity contribution in [2.24, 2.45) is 0 Å². The Balaban J connectivity index is 1.87. The zero-order chi connectivity index (χ0) is 18.0. The van der Waals surface area contributed by atoms with E-state index in [0.29, 0.717) is 12.1 Å². The van der Waals surface area contributed by atoms with Crippen LogP contribution in [0.3, 0.4) is 0 Å². The maximum atomic E-state index is 14.1. The van der Waals surface area contributed by atoms with Crippen molar-refractivity contribution in [2.45, 2.75) is 18.7 Å². The van der Waals surface area contributed by atoms with Gasteiger partial charge in [0.05, 0.1) is 11.4 Å². The van der Waals surface area contributed by atoms with Crippen molar-refractivity contribution in [1.82, 2.24) is 0 Å². The summed E-state index contributed by atoms with van der Waals surface area (Å²) < 4.78 is 27.3. The third-order valence-electron chi connectivity index (χ3n) is 3.84. The van der Waals surface area contributed by atoms with E-state index in [1.807, 2.05) is 0 Å². The number of nitrogens with one attached hydrogen (secondary N) is 1. The number of thioether (sulfide) groups is 1. The summed E-state index contributed by atoms with van der Waals surface area (Å²) in [5.74, 6) is -1.56. The van der Waals surface area contributed by atoms with Crippen LogP contribution in [0, 0.1) is 11.6 Å². The molecule has 0 aromatic heterocycles. The van der Waals surface area contributed by atoms with Gasteiger partial charge in [-0.1, -0.05) is 19.1 Å². The van der Waals surface area contributed by atoms with Crippen molar-refractivity contribution in [2.75, 3.05) is 16.0 Å². The number of carbonyl (C=O) groups excluding carboxylic acids is 2. The molecule has 4 nitrogen and oxygen atoms in total. The van der Waals surface area contributed by atoms with Crippen LogP contribution < -0.4 is 10.2 Å². The predicted octanol–water partition coefficient (Wildman–Crippen LogP) is 4.09. The Kier molecular flexibility index (Phi) is 5.03. The molecule has 1 unspecified atom stereocenters. The molecule has 0 radical (unpaired) electrons. The van der Waals surface area contributed by atoms with Crippen LogP contribution in [-0.2, 0) is 9.59 Å². The van der Waals surface area contributed by atoms with Gasteiger partial charge in [-0.3, -0.25) is 14.5 Å². The van der Waals surface area contributed by atoms with E-state index >= 15 is 0 Å². The molecule has 0 spiro atoms. The summed E-state index contributed by atoms with van der Waals surface area (Å²) in [6.07, 6.45) is 0.381. The highest BCUT2D eigenvalue weighted by molar-refractivity contribution is 8.00. The number of amides is 2. The standard InChI is InChI=1S/C18H16F2N2O2S/c1-2-16(23)21-13-6-3-11(4-7-13)18-22(17(24)10-25-18)15-8-5-12(19)9-14(15)20/h3-9,18H,2,10H2,1H3,(H,21,23). The molecule has 2 aromatic carbocycles. The minimum absolute atomic E-state index is 0.0600. The fourth-order valence-corrected chi connectivity index (χ4v) is 3.76. The van der Waals surface area contributed by atoms with E-state index in [-0.39, 0.29) is 23.3 Å². The average molecular weight is 362 g/mol. The van der Waals surface area contributed by atoms with Gasteiger partial charge < -0.3 is 5.32 Å². The Bertz CT molecular complexity index is 811. The van der Waals surface area contributed by atoms with Crippen LogP contribution in [0.2, 0.25) is 0 Å². The lowest BCUT2D eigenvalue weighted by atomic mass is 10.1. The molecule has 1 fully saturated rings. The second-order valence-corrected chi connectivity index (χ2v) is 6.62. The highest BCUT2D eigenvalue weighted by atomic mass is 32.2. The van der Waals surface area contributed by atoms with Gasteiger partial charge in [0, 0.05) is 18.2 Å². The molecule has 7 heteroatoms. The fraction of sp³-hybridized carbons (Fsp3) is 0.222. The van der Waals surface area contributed by atoms with Crippen molar-refractivity contribution in [1.29, 1.82) is 0 Å². The second kappa shape index (κ2) is 7.23. The van der Waals surface area contributed by atoms with Gasteiger partial charge in [0.25, 0.3) is 0 Å². The summed E-state index contributed by atoms with van der Waals surface area (Å²) in [4.78, 5) is 25.0. The van der Waals surface area contributed by atoms with E-state index in [1.165, 1.54) is 22.7 Å². The first-order valence-electron chi connectivity index (χ1n) is 7.78. The van der Waals surface area contributed by atoms with Crippen LogP contribution in [-0.4, -0.2) is 17.6 Å². The number of nitrogens with zero attached hydrogens (tertiary/aromatic N) is 1. The third kappa shape index (κ3) is 3.66. The Hall–Kier alpha value is -2.41. The van der Waals surface area contributed by atoms with Crippen molar-refractivity contribution < 1.29 is 18.4 Å². The van der Waals surface area contributed by atoms with Gasteiger partial charge >= 0.3 is 0 Å². The molecule has 1 aliphatic rings. The molecular formula is C18H16F2N2O2S. The molecule has 1 aliphatic heterocycles. The largest absolute Gasteiger partial charge is 0.326 e. The molecule has 2 amide bonds. The van der Waals surface area contributed by atoms with Crippen LogP contribution in [0.5, 0.6) is 0 Å². The highest BCUT2D eigenvalue weighted by Gasteiger charge is 2.35. The second-order valence-electron chi connectivity index (χ2n) is 5.55. The summed E-state index contributed by atoms with van der Waals surface area (Å²) >= 11 is 1.37. The number of rotatable bonds is 4. The molecule has 1 atom stereocenters. The van der Waals surface area contributed by atoms with Gasteiger partial charge in [0.15, 0.2) is 0 Å². The molecule has 0 bridgehead atoms. The third-order valence-corrected chi connectivity index (χ3v) is 5.05. The molecule has 1 heterocycles. The first-order chi connectivity index (χ1) is 12.0. The van der Waals surface area contributed by atoms with E-state index in [0.717, 1.165) is 17.7 Å². The number of carbonyl (C=O) groups is 2. The van der Waals surface area contributed by atoms with E-state index in [2.05, 4.69) is 5.32 Å². The maximum Gasteiger partial charge on any atom is 0.238 e. The molecule has 3 rings (SSSR count). The number of anilines is 2. The zero-order valence-corrected chi connectivity index (χ0v) is 14.3. The van der Waals surface area contributed by atoms with Crippen LogP contribution >= 0.6 is 11.8 Å². The van der Waals surface area contributed by atoms with Gasteiger partial charge in [-0.2, -0.15) is 0 Å². The van der Waals surface area contributed by atoms with Crippen LogP contribution in [0.4, 0.5) is 20.2 Å². The smallest absolute Gasteiger partial charge is 0.238 e. The Morgan fingerprint density at radius 3 is 2.60 bits per heavy atom. The van der Waals surface area contributed by atoms with Crippen LogP contribution in [0.25, 0.3) is 0 Å². The fourth-order valence-electron chi connectivity index (χ4n) is 2.59. The van der Waals surface area contributed by atoms with Gasteiger partial charge in [0.2, 0.25) is 11.8 Å². The Morgan fingerprint density at radius 1 is 1.24 bits per heavy atom. The lowest BCUT2D eigenvalue weighted by Gasteiger charge is -2.25. The first kappa shape index (κ1) is 17.4. The Morgan fingerprint density at radius 2 is 1.96 bits per heavy atom. The van der Waals surface area contributed by atoms with Gasteiger partial charge in [-0.15, -0.1) is 11.8 Å². The first-order valence-corrected chi connectivity index (χ1v) is 8.83. The van der Waals surface area contributed by atoms with Gasteiger partial charge in [-0.25, -0.2) is 8.78 Å². The summed E-state index contributed by atoms with van der Waals surface area (Å²) in [5.41, 5.74) is 1.52. The maximum absolute atomic E-state index is 14.1. The van der Waals surface area contributed by atoms with E-state index in [1.54, 1.807) is 31.2 Å². The Labute approximate surface area is 148 Å². The summed E-state index contributed by atoms with van der Waals surface area (Å²) in [5, 5.41) is 2.35. The van der Waals surface area contributed by atoms with Crippen LogP contribution in [0.15, 0.2) is 42.5 Å². The van der Waals surface area contributed by atoms with Crippen LogP contribution in [0.1, 0.15) is 24.3 Å².